The molecule has 3 aromatic rings. The molecule has 1 saturated heterocycles. The number of amides is 1. The van der Waals surface area contributed by atoms with Crippen LogP contribution in [-0.4, -0.2) is 58.3 Å². The number of carbonyl (C=O) groups excluding carboxylic acids is 1. The molecule has 158 valence electrons. The molecular weight excluding hydrogens is 408 g/mol. The number of nitrogens with one attached hydrogen (secondary N) is 1. The van der Waals surface area contributed by atoms with Crippen LogP contribution in [0.4, 0.5) is 0 Å². The summed E-state index contributed by atoms with van der Waals surface area (Å²) in [5, 5.41) is 14.8. The van der Waals surface area contributed by atoms with E-state index in [9.17, 15) is 13.2 Å². The highest BCUT2D eigenvalue weighted by molar-refractivity contribution is 7.90. The minimum Gasteiger partial charge on any atom is -0.467 e. The van der Waals surface area contributed by atoms with Gasteiger partial charge in [0.1, 0.15) is 5.76 Å². The lowest BCUT2D eigenvalue weighted by molar-refractivity contribution is -0.125. The van der Waals surface area contributed by atoms with Gasteiger partial charge in [-0.1, -0.05) is 0 Å². The first-order valence-electron chi connectivity index (χ1n) is 9.54. The first kappa shape index (κ1) is 20.2. The topological polar surface area (TPSA) is 123 Å². The Labute approximate surface area is 173 Å². The van der Waals surface area contributed by atoms with E-state index in [4.69, 9.17) is 4.42 Å². The van der Waals surface area contributed by atoms with Crippen molar-refractivity contribution in [1.82, 2.24) is 30.4 Å². The van der Waals surface area contributed by atoms with Crippen molar-refractivity contribution in [3.63, 3.8) is 0 Å². The molecule has 0 saturated carbocycles. The van der Waals surface area contributed by atoms with Gasteiger partial charge in [0.2, 0.25) is 5.91 Å². The molecule has 1 fully saturated rings. The summed E-state index contributed by atoms with van der Waals surface area (Å²) >= 11 is 0. The van der Waals surface area contributed by atoms with Gasteiger partial charge in [-0.15, -0.1) is 5.10 Å². The second kappa shape index (κ2) is 8.36. The van der Waals surface area contributed by atoms with E-state index in [-0.39, 0.29) is 16.8 Å². The number of likely N-dealkylation sites (tertiary alicyclic amines) is 1. The predicted octanol–water partition coefficient (Wildman–Crippen LogP) is 0.940. The molecule has 1 aromatic carbocycles. The second-order valence-corrected chi connectivity index (χ2v) is 9.21. The first-order valence-corrected chi connectivity index (χ1v) is 11.4. The molecule has 2 aromatic heterocycles. The van der Waals surface area contributed by atoms with Gasteiger partial charge in [-0.25, -0.2) is 8.42 Å². The van der Waals surface area contributed by atoms with Crippen LogP contribution in [0.5, 0.6) is 0 Å². The lowest BCUT2D eigenvalue weighted by atomic mass is 10.2. The summed E-state index contributed by atoms with van der Waals surface area (Å²) in [5.74, 6) is 1.22. The van der Waals surface area contributed by atoms with Gasteiger partial charge in [0.05, 0.1) is 36.0 Å². The summed E-state index contributed by atoms with van der Waals surface area (Å²) in [6, 6.07) is 9.70. The van der Waals surface area contributed by atoms with Crippen molar-refractivity contribution in [2.24, 2.45) is 0 Å². The molecule has 1 atom stereocenters. The number of furan rings is 1. The zero-order valence-corrected chi connectivity index (χ0v) is 17.2. The maximum atomic E-state index is 12.7. The molecule has 0 aliphatic carbocycles. The number of carbonyl (C=O) groups is 1. The molecule has 1 N–H and O–H groups in total. The maximum Gasteiger partial charge on any atom is 0.237 e. The molecule has 30 heavy (non-hydrogen) atoms. The van der Waals surface area contributed by atoms with Crippen LogP contribution >= 0.6 is 0 Å². The largest absolute Gasteiger partial charge is 0.467 e. The van der Waals surface area contributed by atoms with E-state index in [1.165, 1.54) is 12.1 Å². The van der Waals surface area contributed by atoms with Crippen LogP contribution < -0.4 is 5.32 Å². The van der Waals surface area contributed by atoms with Crippen molar-refractivity contribution in [3.05, 3.63) is 54.2 Å². The van der Waals surface area contributed by atoms with Crippen LogP contribution in [0.25, 0.3) is 5.69 Å². The van der Waals surface area contributed by atoms with Crippen LogP contribution in [0, 0.1) is 0 Å². The molecule has 11 heteroatoms. The average molecular weight is 430 g/mol. The summed E-state index contributed by atoms with van der Waals surface area (Å²) in [4.78, 5) is 14.9. The molecular formula is C19H22N6O4S. The highest BCUT2D eigenvalue weighted by Gasteiger charge is 2.32. The second-order valence-electron chi connectivity index (χ2n) is 7.20. The van der Waals surface area contributed by atoms with Crippen molar-refractivity contribution >= 4 is 15.7 Å². The highest BCUT2D eigenvalue weighted by atomic mass is 32.2. The van der Waals surface area contributed by atoms with Gasteiger partial charge in [-0.2, -0.15) is 4.68 Å². The lowest BCUT2D eigenvalue weighted by Crippen LogP contribution is -2.43. The summed E-state index contributed by atoms with van der Waals surface area (Å²) in [5.41, 5.74) is 0.653. The number of aromatic nitrogens is 4. The highest BCUT2D eigenvalue weighted by Crippen LogP contribution is 2.21. The molecule has 1 amide bonds. The van der Waals surface area contributed by atoms with Gasteiger partial charge in [0, 0.05) is 6.26 Å². The number of hydrogen-bond donors (Lipinski definition) is 1. The molecule has 4 rings (SSSR count). The van der Waals surface area contributed by atoms with Crippen molar-refractivity contribution in [2.45, 2.75) is 36.9 Å². The van der Waals surface area contributed by atoms with Crippen molar-refractivity contribution in [3.8, 4) is 5.69 Å². The van der Waals surface area contributed by atoms with Crippen molar-refractivity contribution in [1.29, 1.82) is 0 Å². The SMILES string of the molecule is CS(=O)(=O)c1ccc(-n2nnnc2CN2CCCC2C(=O)NCc2ccco2)cc1. The Kier molecular flexibility index (Phi) is 5.64. The molecule has 0 radical (unpaired) electrons. The third-order valence-electron chi connectivity index (χ3n) is 5.07. The van der Waals surface area contributed by atoms with Crippen molar-refractivity contribution < 1.29 is 17.6 Å². The zero-order valence-electron chi connectivity index (χ0n) is 16.4. The standard InChI is InChI=1S/C19H22N6O4S/c1-30(27,28)16-8-6-14(7-9-16)25-18(21-22-23-25)13-24-10-2-5-17(24)19(26)20-12-15-4-3-11-29-15/h3-4,6-9,11,17H,2,5,10,12-13H2,1H3,(H,20,26). The Hall–Kier alpha value is -3.05. The Morgan fingerprint density at radius 1 is 1.27 bits per heavy atom. The molecule has 1 unspecified atom stereocenters. The average Bonchev–Trinajstić information content (AvgIpc) is 3.48. The van der Waals surface area contributed by atoms with Crippen molar-refractivity contribution in [2.75, 3.05) is 12.8 Å². The Morgan fingerprint density at radius 3 is 2.77 bits per heavy atom. The van der Waals surface area contributed by atoms with E-state index >= 15 is 0 Å². The Balaban J connectivity index is 1.45. The summed E-state index contributed by atoms with van der Waals surface area (Å²) in [6.07, 6.45) is 4.40. The Bertz CT molecular complexity index is 1110. The maximum absolute atomic E-state index is 12.7. The van der Waals surface area contributed by atoms with E-state index in [0.29, 0.717) is 30.4 Å². The normalized spacial score (nSPS) is 17.3. The molecule has 1 aliphatic rings. The molecule has 1 aliphatic heterocycles. The van der Waals surface area contributed by atoms with E-state index in [1.807, 2.05) is 11.0 Å². The summed E-state index contributed by atoms with van der Waals surface area (Å²) in [7, 11) is -3.28. The number of tetrazole rings is 1. The van der Waals surface area contributed by atoms with Crippen LogP contribution in [-0.2, 0) is 27.7 Å². The molecule has 10 nitrogen and oxygen atoms in total. The number of rotatable bonds is 7. The number of benzene rings is 1. The third kappa shape index (κ3) is 4.41. The van der Waals surface area contributed by atoms with Crippen LogP contribution in [0.15, 0.2) is 52.0 Å². The minimum absolute atomic E-state index is 0.0552. The minimum atomic E-state index is -3.28. The first-order chi connectivity index (χ1) is 14.4. The Morgan fingerprint density at radius 2 is 2.07 bits per heavy atom. The lowest BCUT2D eigenvalue weighted by Gasteiger charge is -2.22. The van der Waals surface area contributed by atoms with Crippen LogP contribution in [0.2, 0.25) is 0 Å². The van der Waals surface area contributed by atoms with Gasteiger partial charge in [0.15, 0.2) is 15.7 Å². The van der Waals surface area contributed by atoms with Crippen LogP contribution in [0.1, 0.15) is 24.4 Å². The van der Waals surface area contributed by atoms with E-state index in [0.717, 1.165) is 25.6 Å². The fourth-order valence-electron chi connectivity index (χ4n) is 3.54. The van der Waals surface area contributed by atoms with Gasteiger partial charge in [-0.05, 0) is 66.2 Å². The monoisotopic (exact) mass is 430 g/mol. The van der Waals surface area contributed by atoms with Gasteiger partial charge < -0.3 is 9.73 Å². The molecule has 0 spiro atoms. The molecule has 0 bridgehead atoms. The fraction of sp³-hybridized carbons (Fsp3) is 0.368. The van der Waals surface area contributed by atoms with Gasteiger partial charge in [0.25, 0.3) is 0 Å². The number of sulfone groups is 1. The van der Waals surface area contributed by atoms with E-state index in [1.54, 1.807) is 29.1 Å². The fourth-order valence-corrected chi connectivity index (χ4v) is 4.17. The number of hydrogen-bond acceptors (Lipinski definition) is 8. The van der Waals surface area contributed by atoms with E-state index in [2.05, 4.69) is 20.8 Å². The zero-order chi connectivity index (χ0) is 21.1. The predicted molar refractivity (Wildman–Crippen MR) is 106 cm³/mol. The van der Waals surface area contributed by atoms with Gasteiger partial charge >= 0.3 is 0 Å². The van der Waals surface area contributed by atoms with E-state index < -0.39 is 9.84 Å². The summed E-state index contributed by atoms with van der Waals surface area (Å²) in [6.45, 7) is 1.51. The third-order valence-corrected chi connectivity index (χ3v) is 6.20. The smallest absolute Gasteiger partial charge is 0.237 e. The van der Waals surface area contributed by atoms with Crippen LogP contribution in [0.3, 0.4) is 0 Å². The summed E-state index contributed by atoms with van der Waals surface area (Å²) < 4.78 is 30.1. The molecule has 3 heterocycles. The number of nitrogens with zero attached hydrogens (tertiary/aromatic N) is 5. The van der Waals surface area contributed by atoms with Gasteiger partial charge in [-0.3, -0.25) is 9.69 Å². The quantitative estimate of drug-likeness (QED) is 0.587.